The van der Waals surface area contributed by atoms with Crippen LogP contribution in [0.2, 0.25) is 0 Å². The van der Waals surface area contributed by atoms with Crippen LogP contribution in [-0.2, 0) is 17.8 Å². The number of unbranched alkanes of at least 4 members (excludes halogenated alkanes) is 1. The molecule has 3 rings (SSSR count). The third-order valence-corrected chi connectivity index (χ3v) is 6.29. The summed E-state index contributed by atoms with van der Waals surface area (Å²) in [6, 6.07) is 8.85. The SMILES string of the molecule is C=C.C=O.CCCCN1CCc2ccccc2C1.CNc1c(C)c(C)c(C)c(C)c1C. The molecule has 0 aromatic heterocycles. The molecule has 1 aliphatic heterocycles. The first-order chi connectivity index (χ1) is 14.9. The van der Waals surface area contributed by atoms with Crippen LogP contribution >= 0.6 is 0 Å². The Balaban J connectivity index is 0.000000502. The smallest absolute Gasteiger partial charge is 0.106 e. The molecule has 0 aliphatic carbocycles. The molecule has 1 heterocycles. The van der Waals surface area contributed by atoms with E-state index in [1.807, 2.05) is 13.8 Å². The molecule has 1 aliphatic rings. The maximum Gasteiger partial charge on any atom is 0.106 e. The molecule has 0 atom stereocenters. The van der Waals surface area contributed by atoms with Crippen LogP contribution in [0.1, 0.15) is 58.7 Å². The van der Waals surface area contributed by atoms with Gasteiger partial charge in [0.1, 0.15) is 6.79 Å². The highest BCUT2D eigenvalue weighted by atomic mass is 16.1. The minimum Gasteiger partial charge on any atom is -0.388 e. The predicted molar refractivity (Wildman–Crippen MR) is 138 cm³/mol. The topological polar surface area (TPSA) is 32.3 Å². The highest BCUT2D eigenvalue weighted by Crippen LogP contribution is 2.29. The molecule has 3 nitrogen and oxygen atoms in total. The van der Waals surface area contributed by atoms with Gasteiger partial charge < -0.3 is 10.1 Å². The molecule has 2 aromatic rings. The first-order valence-electron chi connectivity index (χ1n) is 11.2. The van der Waals surface area contributed by atoms with Crippen molar-refractivity contribution in [3.05, 3.63) is 76.4 Å². The Kier molecular flexibility index (Phi) is 14.2. The van der Waals surface area contributed by atoms with Gasteiger partial charge in [0.05, 0.1) is 0 Å². The van der Waals surface area contributed by atoms with E-state index in [1.54, 1.807) is 5.56 Å². The van der Waals surface area contributed by atoms with Gasteiger partial charge in [-0.1, -0.05) is 37.6 Å². The van der Waals surface area contributed by atoms with Crippen molar-refractivity contribution in [1.29, 1.82) is 0 Å². The molecule has 0 saturated heterocycles. The zero-order valence-electron chi connectivity index (χ0n) is 21.0. The van der Waals surface area contributed by atoms with Crippen LogP contribution in [0.4, 0.5) is 5.69 Å². The molecule has 3 heteroatoms. The number of benzene rings is 2. The van der Waals surface area contributed by atoms with Gasteiger partial charge in [-0.25, -0.2) is 0 Å². The lowest BCUT2D eigenvalue weighted by Crippen LogP contribution is -2.31. The molecule has 1 N–H and O–H groups in total. The standard InChI is InChI=1S/C13H19N.C12H19N.C2H4.CH2O/c1-2-3-9-14-10-8-12-6-4-5-7-13(12)11-14;1-7-8(2)10(4)12(13-6)11(5)9(7)3;2*1-2/h4-7H,2-3,8-11H2,1H3;13H,1-6H3;1-2H2;1H2. The van der Waals surface area contributed by atoms with Gasteiger partial charge in [-0.2, -0.15) is 0 Å². The molecule has 172 valence electrons. The quantitative estimate of drug-likeness (QED) is 0.552. The van der Waals surface area contributed by atoms with Crippen molar-refractivity contribution in [2.75, 3.05) is 25.5 Å². The van der Waals surface area contributed by atoms with Crippen molar-refractivity contribution in [1.82, 2.24) is 4.90 Å². The Morgan fingerprint density at radius 3 is 1.84 bits per heavy atom. The highest BCUT2D eigenvalue weighted by Gasteiger charge is 2.14. The second-order valence-corrected chi connectivity index (χ2v) is 7.90. The summed E-state index contributed by atoms with van der Waals surface area (Å²) < 4.78 is 0. The van der Waals surface area contributed by atoms with Gasteiger partial charge in [0.15, 0.2) is 0 Å². The molecule has 0 bridgehead atoms. The number of carbonyl (C=O) groups excluding carboxylic acids is 1. The van der Waals surface area contributed by atoms with E-state index in [0.717, 1.165) is 6.54 Å². The lowest BCUT2D eigenvalue weighted by atomic mass is 9.93. The van der Waals surface area contributed by atoms with E-state index in [1.165, 1.54) is 71.4 Å². The number of nitrogens with zero attached hydrogens (tertiary/aromatic N) is 1. The summed E-state index contributed by atoms with van der Waals surface area (Å²) in [5, 5.41) is 3.27. The third-order valence-electron chi connectivity index (χ3n) is 6.29. The first-order valence-corrected chi connectivity index (χ1v) is 11.2. The summed E-state index contributed by atoms with van der Waals surface area (Å²) in [5.41, 5.74) is 11.4. The number of fused-ring (bicyclic) bond motifs is 1. The Morgan fingerprint density at radius 2 is 1.35 bits per heavy atom. The van der Waals surface area contributed by atoms with Crippen molar-refractivity contribution in [3.8, 4) is 0 Å². The van der Waals surface area contributed by atoms with E-state index >= 15 is 0 Å². The Hall–Kier alpha value is -2.39. The van der Waals surface area contributed by atoms with Crippen LogP contribution in [0.15, 0.2) is 37.4 Å². The van der Waals surface area contributed by atoms with E-state index in [4.69, 9.17) is 4.79 Å². The molecule has 0 saturated carbocycles. The van der Waals surface area contributed by atoms with Crippen molar-refractivity contribution < 1.29 is 4.79 Å². The van der Waals surface area contributed by atoms with Gasteiger partial charge in [-0.05, 0) is 92.9 Å². The normalized spacial score (nSPS) is 12.1. The number of carbonyl (C=O) groups is 1. The van der Waals surface area contributed by atoms with E-state index < -0.39 is 0 Å². The first kappa shape index (κ1) is 28.6. The molecule has 0 spiro atoms. The highest BCUT2D eigenvalue weighted by molar-refractivity contribution is 5.64. The minimum atomic E-state index is 1.16. The molecule has 0 fully saturated rings. The summed E-state index contributed by atoms with van der Waals surface area (Å²) in [7, 11) is 1.99. The van der Waals surface area contributed by atoms with Crippen LogP contribution < -0.4 is 5.32 Å². The Bertz CT molecular complexity index is 767. The van der Waals surface area contributed by atoms with Crippen molar-refractivity contribution >= 4 is 12.5 Å². The van der Waals surface area contributed by atoms with Crippen LogP contribution in [0, 0.1) is 34.6 Å². The van der Waals surface area contributed by atoms with Gasteiger partial charge in [0.25, 0.3) is 0 Å². The average molecular weight is 425 g/mol. The van der Waals surface area contributed by atoms with E-state index in [2.05, 4.69) is 89.2 Å². The van der Waals surface area contributed by atoms with Gasteiger partial charge in [-0.15, -0.1) is 13.2 Å². The third kappa shape index (κ3) is 7.99. The molecular weight excluding hydrogens is 380 g/mol. The fourth-order valence-corrected chi connectivity index (χ4v) is 4.00. The minimum absolute atomic E-state index is 1.16. The van der Waals surface area contributed by atoms with E-state index in [0.29, 0.717) is 0 Å². The van der Waals surface area contributed by atoms with Crippen LogP contribution in [-0.4, -0.2) is 31.8 Å². The van der Waals surface area contributed by atoms with Gasteiger partial charge in [0, 0.05) is 25.8 Å². The number of hydrogen-bond acceptors (Lipinski definition) is 3. The zero-order valence-corrected chi connectivity index (χ0v) is 21.0. The van der Waals surface area contributed by atoms with E-state index in [-0.39, 0.29) is 0 Å². The van der Waals surface area contributed by atoms with Crippen LogP contribution in [0.3, 0.4) is 0 Å². The molecule has 0 unspecified atom stereocenters. The second-order valence-electron chi connectivity index (χ2n) is 7.90. The zero-order chi connectivity index (χ0) is 24.0. The lowest BCUT2D eigenvalue weighted by molar-refractivity contribution is -0.0979. The van der Waals surface area contributed by atoms with Crippen molar-refractivity contribution in [3.63, 3.8) is 0 Å². The van der Waals surface area contributed by atoms with E-state index in [9.17, 15) is 0 Å². The fourth-order valence-electron chi connectivity index (χ4n) is 4.00. The van der Waals surface area contributed by atoms with Gasteiger partial charge in [0.2, 0.25) is 0 Å². The van der Waals surface area contributed by atoms with Crippen LogP contribution in [0.25, 0.3) is 0 Å². The summed E-state index contributed by atoms with van der Waals surface area (Å²) in [6.07, 6.45) is 3.88. The molecule has 31 heavy (non-hydrogen) atoms. The summed E-state index contributed by atoms with van der Waals surface area (Å²) in [4.78, 5) is 10.6. The maximum atomic E-state index is 8.00. The second kappa shape index (κ2) is 15.4. The van der Waals surface area contributed by atoms with Crippen molar-refractivity contribution in [2.45, 2.75) is 67.3 Å². The molecule has 2 aromatic carbocycles. The largest absolute Gasteiger partial charge is 0.388 e. The van der Waals surface area contributed by atoms with Crippen LogP contribution in [0.5, 0.6) is 0 Å². The number of hydrogen-bond donors (Lipinski definition) is 1. The predicted octanol–water partition coefficient (Wildman–Crippen LogP) is 6.73. The Labute approximate surface area is 191 Å². The van der Waals surface area contributed by atoms with Crippen molar-refractivity contribution in [2.24, 2.45) is 0 Å². The molecular formula is C28H44N2O. The number of nitrogens with one attached hydrogen (secondary N) is 1. The fraction of sp³-hybridized carbons (Fsp3) is 0.464. The average Bonchev–Trinajstić information content (AvgIpc) is 2.83. The number of anilines is 1. The van der Waals surface area contributed by atoms with Gasteiger partial charge in [-0.3, -0.25) is 4.90 Å². The monoisotopic (exact) mass is 424 g/mol. The summed E-state index contributed by atoms with van der Waals surface area (Å²) in [5.74, 6) is 0. The number of rotatable bonds is 4. The maximum absolute atomic E-state index is 8.00. The lowest BCUT2D eigenvalue weighted by Gasteiger charge is -2.28. The summed E-state index contributed by atoms with van der Waals surface area (Å²) >= 11 is 0. The summed E-state index contributed by atoms with van der Waals surface area (Å²) in [6.45, 7) is 24.9. The molecule has 0 amide bonds. The molecule has 0 radical (unpaired) electrons. The Morgan fingerprint density at radius 1 is 0.871 bits per heavy atom. The van der Waals surface area contributed by atoms with Gasteiger partial charge >= 0.3 is 0 Å².